The van der Waals surface area contributed by atoms with Gasteiger partial charge in [-0.15, -0.1) is 11.8 Å². The van der Waals surface area contributed by atoms with Gasteiger partial charge in [-0.3, -0.25) is 0 Å². The number of aromatic carboxylic acids is 1. The molecule has 7 heteroatoms. The summed E-state index contributed by atoms with van der Waals surface area (Å²) in [5, 5.41) is 22.9. The number of aliphatic hydroxyl groups is 1. The van der Waals surface area contributed by atoms with Gasteiger partial charge >= 0.3 is 5.97 Å². The molecule has 0 heterocycles. The highest BCUT2D eigenvalue weighted by Gasteiger charge is 2.20. The van der Waals surface area contributed by atoms with Gasteiger partial charge in [0.2, 0.25) is 0 Å². The van der Waals surface area contributed by atoms with Crippen LogP contribution < -0.4 is 14.8 Å². The summed E-state index contributed by atoms with van der Waals surface area (Å²) in [6.45, 7) is 2.18. The van der Waals surface area contributed by atoms with Crippen LogP contribution in [0.4, 0.5) is 5.69 Å². The quantitative estimate of drug-likeness (QED) is 0.488. The van der Waals surface area contributed by atoms with E-state index in [1.165, 1.54) is 31.0 Å². The van der Waals surface area contributed by atoms with Crippen molar-refractivity contribution in [2.24, 2.45) is 0 Å². The normalized spacial score (nSPS) is 11.7. The highest BCUT2D eigenvalue weighted by atomic mass is 32.2. The van der Waals surface area contributed by atoms with E-state index in [2.05, 4.69) is 5.32 Å². The molecular weight excluding hydrogens is 342 g/mol. The fourth-order valence-corrected chi connectivity index (χ4v) is 3.03. The topological polar surface area (TPSA) is 88.0 Å². The molecule has 0 saturated heterocycles. The van der Waals surface area contributed by atoms with E-state index in [-0.39, 0.29) is 11.3 Å². The molecule has 0 aliphatic carbocycles. The third-order valence-electron chi connectivity index (χ3n) is 3.56. The summed E-state index contributed by atoms with van der Waals surface area (Å²) < 4.78 is 10.7. The second-order valence-electron chi connectivity index (χ2n) is 5.08. The maximum absolute atomic E-state index is 11.6. The average Bonchev–Trinajstić information content (AvgIpc) is 2.62. The first-order chi connectivity index (χ1) is 12.0. The average molecular weight is 363 g/mol. The van der Waals surface area contributed by atoms with Crippen molar-refractivity contribution in [3.8, 4) is 11.5 Å². The fourth-order valence-electron chi connectivity index (χ4n) is 2.40. The molecule has 1 atom stereocenters. The molecule has 0 aromatic heterocycles. The lowest BCUT2D eigenvalue weighted by Gasteiger charge is -2.20. The van der Waals surface area contributed by atoms with Crippen LogP contribution in [-0.4, -0.2) is 36.2 Å². The zero-order valence-corrected chi connectivity index (χ0v) is 15.1. The molecule has 2 aromatic rings. The number of nitrogens with one attached hydrogen (secondary N) is 1. The van der Waals surface area contributed by atoms with E-state index in [9.17, 15) is 15.0 Å². The number of carboxylic acid groups (broad SMARTS) is 1. The van der Waals surface area contributed by atoms with Crippen molar-refractivity contribution < 1.29 is 24.5 Å². The van der Waals surface area contributed by atoms with Gasteiger partial charge in [0.25, 0.3) is 0 Å². The Bertz CT molecular complexity index is 750. The first-order valence-electron chi connectivity index (χ1n) is 7.67. The zero-order valence-electron chi connectivity index (χ0n) is 14.3. The van der Waals surface area contributed by atoms with Crippen LogP contribution in [0.2, 0.25) is 0 Å². The van der Waals surface area contributed by atoms with Gasteiger partial charge in [-0.25, -0.2) is 4.79 Å². The standard InChI is InChI=1S/C18H21NO5S/c1-4-24-15-9-12(18(21)22)13(10-14(15)23-2)19-17(20)11-7-5-6-8-16(11)25-3/h5-10,17,19-20H,4H2,1-3H3,(H,21,22). The fraction of sp³-hybridized carbons (Fsp3) is 0.278. The summed E-state index contributed by atoms with van der Waals surface area (Å²) in [7, 11) is 1.47. The molecular formula is C18H21NO5S. The number of carbonyl (C=O) groups is 1. The lowest BCUT2D eigenvalue weighted by molar-refractivity contribution is 0.0697. The van der Waals surface area contributed by atoms with Gasteiger partial charge in [-0.1, -0.05) is 18.2 Å². The second kappa shape index (κ2) is 8.64. The van der Waals surface area contributed by atoms with E-state index >= 15 is 0 Å². The lowest BCUT2D eigenvalue weighted by atomic mass is 10.1. The van der Waals surface area contributed by atoms with Crippen molar-refractivity contribution in [2.75, 3.05) is 25.3 Å². The molecule has 0 fully saturated rings. The molecule has 0 spiro atoms. The summed E-state index contributed by atoms with van der Waals surface area (Å²) in [4.78, 5) is 12.5. The first kappa shape index (κ1) is 19.0. The molecule has 134 valence electrons. The smallest absolute Gasteiger partial charge is 0.337 e. The molecule has 0 aliphatic heterocycles. The van der Waals surface area contributed by atoms with Crippen molar-refractivity contribution in [2.45, 2.75) is 18.0 Å². The van der Waals surface area contributed by atoms with E-state index in [1.807, 2.05) is 24.5 Å². The number of anilines is 1. The molecule has 0 saturated carbocycles. The lowest BCUT2D eigenvalue weighted by Crippen LogP contribution is -2.14. The predicted molar refractivity (Wildman–Crippen MR) is 97.9 cm³/mol. The van der Waals surface area contributed by atoms with Crippen molar-refractivity contribution in [1.29, 1.82) is 0 Å². The Morgan fingerprint density at radius 1 is 1.28 bits per heavy atom. The molecule has 2 aromatic carbocycles. The summed E-state index contributed by atoms with van der Waals surface area (Å²) in [6.07, 6.45) is 0.845. The van der Waals surface area contributed by atoms with E-state index in [1.54, 1.807) is 13.0 Å². The second-order valence-corrected chi connectivity index (χ2v) is 5.92. The number of aliphatic hydroxyl groups excluding tert-OH is 1. The van der Waals surface area contributed by atoms with Crippen LogP contribution >= 0.6 is 11.8 Å². The molecule has 1 unspecified atom stereocenters. The Kier molecular flexibility index (Phi) is 6.55. The number of ether oxygens (including phenoxy) is 2. The largest absolute Gasteiger partial charge is 0.493 e. The highest BCUT2D eigenvalue weighted by Crippen LogP contribution is 2.35. The summed E-state index contributed by atoms with van der Waals surface area (Å²) in [5.41, 5.74) is 0.903. The van der Waals surface area contributed by atoms with Crippen LogP contribution in [0.25, 0.3) is 0 Å². The van der Waals surface area contributed by atoms with Crippen molar-refractivity contribution in [3.63, 3.8) is 0 Å². The Morgan fingerprint density at radius 3 is 2.60 bits per heavy atom. The van der Waals surface area contributed by atoms with Gasteiger partial charge in [0.05, 0.1) is 25.0 Å². The minimum atomic E-state index is -1.13. The van der Waals surface area contributed by atoms with E-state index in [4.69, 9.17) is 9.47 Å². The Hall–Kier alpha value is -2.38. The van der Waals surface area contributed by atoms with Gasteiger partial charge in [0, 0.05) is 22.6 Å². The third kappa shape index (κ3) is 4.37. The van der Waals surface area contributed by atoms with Crippen LogP contribution in [0.1, 0.15) is 29.1 Å². The minimum Gasteiger partial charge on any atom is -0.493 e. The van der Waals surface area contributed by atoms with Crippen molar-refractivity contribution in [3.05, 3.63) is 47.5 Å². The van der Waals surface area contributed by atoms with Crippen molar-refractivity contribution in [1.82, 2.24) is 0 Å². The molecule has 0 radical (unpaired) electrons. The molecule has 3 N–H and O–H groups in total. The van der Waals surface area contributed by atoms with Crippen molar-refractivity contribution >= 4 is 23.4 Å². The maximum atomic E-state index is 11.6. The van der Waals surface area contributed by atoms with Gasteiger partial charge in [0.15, 0.2) is 17.7 Å². The summed E-state index contributed by atoms with van der Waals surface area (Å²) in [6, 6.07) is 10.3. The highest BCUT2D eigenvalue weighted by molar-refractivity contribution is 7.98. The molecule has 2 rings (SSSR count). The monoisotopic (exact) mass is 363 g/mol. The Balaban J connectivity index is 2.42. The maximum Gasteiger partial charge on any atom is 0.337 e. The summed E-state index contributed by atoms with van der Waals surface area (Å²) >= 11 is 1.50. The minimum absolute atomic E-state index is 0.00932. The van der Waals surface area contributed by atoms with Crippen LogP contribution in [0.3, 0.4) is 0 Å². The number of benzene rings is 2. The van der Waals surface area contributed by atoms with Crippen LogP contribution in [-0.2, 0) is 0 Å². The third-order valence-corrected chi connectivity index (χ3v) is 4.37. The number of methoxy groups -OCH3 is 1. The van der Waals surface area contributed by atoms with Gasteiger partial charge < -0.3 is 25.0 Å². The van der Waals surface area contributed by atoms with Crippen LogP contribution in [0.15, 0.2) is 41.3 Å². The van der Waals surface area contributed by atoms with E-state index in [0.29, 0.717) is 23.7 Å². The molecule has 6 nitrogen and oxygen atoms in total. The SMILES string of the molecule is CCOc1cc(C(=O)O)c(NC(O)c2ccccc2SC)cc1OC. The number of hydrogen-bond acceptors (Lipinski definition) is 6. The zero-order chi connectivity index (χ0) is 18.4. The van der Waals surface area contributed by atoms with Gasteiger partial charge in [0.1, 0.15) is 0 Å². The van der Waals surface area contributed by atoms with E-state index in [0.717, 1.165) is 4.90 Å². The Labute approximate surface area is 150 Å². The Morgan fingerprint density at radius 2 is 2.00 bits per heavy atom. The summed E-state index contributed by atoms with van der Waals surface area (Å²) in [5.74, 6) is -0.400. The number of carboxylic acids is 1. The van der Waals surface area contributed by atoms with Gasteiger partial charge in [-0.05, 0) is 19.2 Å². The first-order valence-corrected chi connectivity index (χ1v) is 8.89. The predicted octanol–water partition coefficient (Wildman–Crippen LogP) is 3.62. The van der Waals surface area contributed by atoms with Crippen LogP contribution in [0.5, 0.6) is 11.5 Å². The number of thioether (sulfide) groups is 1. The molecule has 0 bridgehead atoms. The molecule has 25 heavy (non-hydrogen) atoms. The number of hydrogen-bond donors (Lipinski definition) is 3. The van der Waals surface area contributed by atoms with E-state index < -0.39 is 12.2 Å². The molecule has 0 aliphatic rings. The van der Waals surface area contributed by atoms with Crippen LogP contribution in [0, 0.1) is 0 Å². The molecule has 0 amide bonds. The van der Waals surface area contributed by atoms with Gasteiger partial charge in [-0.2, -0.15) is 0 Å². The number of rotatable bonds is 8.